The third-order valence-electron chi connectivity index (χ3n) is 4.33. The van der Waals surface area contributed by atoms with E-state index >= 15 is 0 Å². The molecule has 0 atom stereocenters. The summed E-state index contributed by atoms with van der Waals surface area (Å²) in [4.78, 5) is 24.3. The Balaban J connectivity index is 2.05. The van der Waals surface area contributed by atoms with Crippen LogP contribution in [-0.2, 0) is 0 Å². The number of carbonyl (C=O) groups is 1. The summed E-state index contributed by atoms with van der Waals surface area (Å²) in [5, 5.41) is 14.1. The van der Waals surface area contributed by atoms with Crippen LogP contribution < -0.4 is 10.1 Å². The molecule has 0 spiro atoms. The van der Waals surface area contributed by atoms with Crippen LogP contribution in [0.1, 0.15) is 10.4 Å². The van der Waals surface area contributed by atoms with Crippen LogP contribution in [0.5, 0.6) is 5.75 Å². The first-order valence-corrected chi connectivity index (χ1v) is 9.83. The molecular formula is C21H16F2N2O4S. The van der Waals surface area contributed by atoms with Crippen molar-refractivity contribution in [2.24, 2.45) is 0 Å². The Morgan fingerprint density at radius 3 is 2.33 bits per heavy atom. The first-order valence-electron chi connectivity index (χ1n) is 8.61. The molecule has 0 heterocycles. The van der Waals surface area contributed by atoms with Gasteiger partial charge in [0.05, 0.1) is 23.0 Å². The monoisotopic (exact) mass is 430 g/mol. The molecule has 30 heavy (non-hydrogen) atoms. The van der Waals surface area contributed by atoms with Crippen LogP contribution in [0.4, 0.5) is 20.2 Å². The molecule has 1 amide bonds. The number of nitro groups is 1. The van der Waals surface area contributed by atoms with Crippen molar-refractivity contribution in [1.82, 2.24) is 0 Å². The van der Waals surface area contributed by atoms with E-state index in [0.29, 0.717) is 16.0 Å². The van der Waals surface area contributed by atoms with Gasteiger partial charge in [0.25, 0.3) is 11.6 Å². The van der Waals surface area contributed by atoms with Crippen molar-refractivity contribution in [2.45, 2.75) is 4.90 Å². The molecule has 0 radical (unpaired) electrons. The van der Waals surface area contributed by atoms with Crippen molar-refractivity contribution >= 4 is 29.0 Å². The zero-order chi connectivity index (χ0) is 21.8. The van der Waals surface area contributed by atoms with Crippen LogP contribution in [0, 0.1) is 21.7 Å². The van der Waals surface area contributed by atoms with Crippen LogP contribution in [0.15, 0.2) is 59.5 Å². The molecular weight excluding hydrogens is 414 g/mol. The van der Waals surface area contributed by atoms with Crippen molar-refractivity contribution in [3.63, 3.8) is 0 Å². The van der Waals surface area contributed by atoms with Crippen molar-refractivity contribution in [1.29, 1.82) is 0 Å². The van der Waals surface area contributed by atoms with Gasteiger partial charge >= 0.3 is 0 Å². The number of ether oxygens (including phenoxy) is 1. The Hall–Kier alpha value is -3.46. The second-order valence-electron chi connectivity index (χ2n) is 6.13. The van der Waals surface area contributed by atoms with Gasteiger partial charge in [-0.1, -0.05) is 12.1 Å². The minimum Gasteiger partial charge on any atom is -0.495 e. The molecule has 3 aromatic carbocycles. The summed E-state index contributed by atoms with van der Waals surface area (Å²) in [5.41, 5.74) is 0.417. The SMILES string of the molecule is COc1cc([N+](=O)[O-])c(C(=O)Nc2ccc(F)cc2-c2ccc(F)cc2)cc1SC. The molecule has 0 aliphatic rings. The molecule has 0 saturated heterocycles. The Labute approximate surface area is 175 Å². The normalized spacial score (nSPS) is 10.5. The maximum absolute atomic E-state index is 13.8. The summed E-state index contributed by atoms with van der Waals surface area (Å²) >= 11 is 1.27. The molecule has 3 aromatic rings. The van der Waals surface area contributed by atoms with Gasteiger partial charge in [-0.15, -0.1) is 11.8 Å². The zero-order valence-corrected chi connectivity index (χ0v) is 16.8. The van der Waals surface area contributed by atoms with E-state index in [9.17, 15) is 23.7 Å². The quantitative estimate of drug-likeness (QED) is 0.316. The first kappa shape index (κ1) is 21.3. The molecule has 0 fully saturated rings. The summed E-state index contributed by atoms with van der Waals surface area (Å²) in [5.74, 6) is -1.47. The lowest BCUT2D eigenvalue weighted by atomic mass is 10.0. The number of carbonyl (C=O) groups excluding carboxylic acids is 1. The highest BCUT2D eigenvalue weighted by molar-refractivity contribution is 7.98. The smallest absolute Gasteiger partial charge is 0.285 e. The van der Waals surface area contributed by atoms with Crippen molar-refractivity contribution in [2.75, 3.05) is 18.7 Å². The van der Waals surface area contributed by atoms with E-state index < -0.39 is 28.2 Å². The van der Waals surface area contributed by atoms with E-state index in [0.717, 1.165) is 6.07 Å². The van der Waals surface area contributed by atoms with E-state index in [1.54, 1.807) is 6.26 Å². The molecule has 0 aromatic heterocycles. The van der Waals surface area contributed by atoms with Gasteiger partial charge in [0, 0.05) is 11.3 Å². The number of halogens is 2. The largest absolute Gasteiger partial charge is 0.495 e. The summed E-state index contributed by atoms with van der Waals surface area (Å²) < 4.78 is 32.2. The van der Waals surface area contributed by atoms with E-state index in [2.05, 4.69) is 5.32 Å². The molecule has 154 valence electrons. The predicted octanol–water partition coefficient (Wildman–Crippen LogP) is 5.52. The predicted molar refractivity (Wildman–Crippen MR) is 111 cm³/mol. The number of thioether (sulfide) groups is 1. The molecule has 3 rings (SSSR count). The van der Waals surface area contributed by atoms with Crippen LogP contribution in [0.2, 0.25) is 0 Å². The minimum atomic E-state index is -0.741. The topological polar surface area (TPSA) is 81.5 Å². The number of anilines is 1. The molecule has 1 N–H and O–H groups in total. The van der Waals surface area contributed by atoms with Crippen LogP contribution >= 0.6 is 11.8 Å². The number of nitrogens with zero attached hydrogens (tertiary/aromatic N) is 1. The highest BCUT2D eigenvalue weighted by Crippen LogP contribution is 2.35. The van der Waals surface area contributed by atoms with Gasteiger partial charge < -0.3 is 10.1 Å². The third-order valence-corrected chi connectivity index (χ3v) is 5.09. The molecule has 0 bridgehead atoms. The third kappa shape index (κ3) is 4.41. The molecule has 6 nitrogen and oxygen atoms in total. The number of hydrogen-bond acceptors (Lipinski definition) is 5. The zero-order valence-electron chi connectivity index (χ0n) is 15.9. The van der Waals surface area contributed by atoms with Gasteiger partial charge in [0.2, 0.25) is 0 Å². The van der Waals surface area contributed by atoms with E-state index in [4.69, 9.17) is 4.74 Å². The van der Waals surface area contributed by atoms with Gasteiger partial charge in [-0.3, -0.25) is 14.9 Å². The van der Waals surface area contributed by atoms with Crippen LogP contribution in [0.25, 0.3) is 11.1 Å². The Morgan fingerprint density at radius 2 is 1.73 bits per heavy atom. The van der Waals surface area contributed by atoms with Crippen molar-refractivity contribution in [3.8, 4) is 16.9 Å². The lowest BCUT2D eigenvalue weighted by molar-refractivity contribution is -0.385. The summed E-state index contributed by atoms with van der Waals surface area (Å²) in [6.45, 7) is 0. The second kappa shape index (κ2) is 8.91. The second-order valence-corrected chi connectivity index (χ2v) is 6.98. The van der Waals surface area contributed by atoms with Crippen LogP contribution in [-0.4, -0.2) is 24.2 Å². The number of rotatable bonds is 6. The van der Waals surface area contributed by atoms with E-state index in [1.807, 2.05) is 0 Å². The lowest BCUT2D eigenvalue weighted by Gasteiger charge is -2.13. The van der Waals surface area contributed by atoms with Gasteiger partial charge in [-0.25, -0.2) is 8.78 Å². The maximum Gasteiger partial charge on any atom is 0.285 e. The molecule has 0 aliphatic carbocycles. The Morgan fingerprint density at radius 1 is 1.07 bits per heavy atom. The summed E-state index contributed by atoms with van der Waals surface area (Å²) in [6, 6.07) is 11.6. The number of nitro benzene ring substituents is 1. The summed E-state index contributed by atoms with van der Waals surface area (Å²) in [6.07, 6.45) is 1.75. The fourth-order valence-electron chi connectivity index (χ4n) is 2.88. The number of methoxy groups -OCH3 is 1. The average Bonchev–Trinajstić information content (AvgIpc) is 2.74. The number of nitrogens with one attached hydrogen (secondary N) is 1. The minimum absolute atomic E-state index is 0.167. The first-order chi connectivity index (χ1) is 14.3. The average molecular weight is 430 g/mol. The standard InChI is InChI=1S/C21H16F2N2O4S/c1-29-19-11-18(25(27)28)16(10-20(19)30-2)21(26)24-17-8-7-14(23)9-15(17)12-3-5-13(22)6-4-12/h3-11H,1-2H3,(H,24,26). The van der Waals surface area contributed by atoms with Crippen molar-refractivity contribution in [3.05, 3.63) is 81.9 Å². The van der Waals surface area contributed by atoms with Crippen molar-refractivity contribution < 1.29 is 23.2 Å². The van der Waals surface area contributed by atoms with Gasteiger partial charge in [0.15, 0.2) is 0 Å². The maximum atomic E-state index is 13.8. The number of benzene rings is 3. The van der Waals surface area contributed by atoms with Gasteiger partial charge in [-0.2, -0.15) is 0 Å². The molecule has 0 unspecified atom stereocenters. The Kier molecular flexibility index (Phi) is 6.31. The fourth-order valence-corrected chi connectivity index (χ4v) is 3.46. The lowest BCUT2D eigenvalue weighted by Crippen LogP contribution is -2.15. The molecule has 0 aliphatic heterocycles. The van der Waals surface area contributed by atoms with Crippen LogP contribution in [0.3, 0.4) is 0 Å². The van der Waals surface area contributed by atoms with E-state index in [1.165, 1.54) is 67.4 Å². The van der Waals surface area contributed by atoms with Gasteiger partial charge in [-0.05, 0) is 48.2 Å². The molecule has 0 saturated carbocycles. The fraction of sp³-hybridized carbons (Fsp3) is 0.0952. The van der Waals surface area contributed by atoms with Gasteiger partial charge in [0.1, 0.15) is 22.9 Å². The molecule has 9 heteroatoms. The Bertz CT molecular complexity index is 1120. The highest BCUT2D eigenvalue weighted by Gasteiger charge is 2.24. The number of amides is 1. The summed E-state index contributed by atoms with van der Waals surface area (Å²) in [7, 11) is 1.38. The highest BCUT2D eigenvalue weighted by atomic mass is 32.2. The van der Waals surface area contributed by atoms with E-state index in [-0.39, 0.29) is 17.0 Å². The number of hydrogen-bond donors (Lipinski definition) is 1.